The van der Waals surface area contributed by atoms with E-state index in [0.29, 0.717) is 19.4 Å². The highest BCUT2D eigenvalue weighted by atomic mass is 16.5. The molecule has 1 aliphatic heterocycles. The topological polar surface area (TPSA) is 98.5 Å². The molecule has 0 saturated carbocycles. The van der Waals surface area contributed by atoms with Gasteiger partial charge < -0.3 is 15.8 Å². The fraction of sp³-hybridized carbons (Fsp3) is 0.842. The van der Waals surface area contributed by atoms with Crippen molar-refractivity contribution in [3.63, 3.8) is 0 Å². The number of ether oxygens (including phenoxy) is 1. The maximum Gasteiger partial charge on any atom is 0.333 e. The Morgan fingerprint density at radius 1 is 1.28 bits per heavy atom. The molecule has 1 rings (SSSR count). The Morgan fingerprint density at radius 3 is 2.48 bits per heavy atom. The normalized spacial score (nSPS) is 20.6. The van der Waals surface area contributed by atoms with Crippen LogP contribution in [0, 0.1) is 11.8 Å². The van der Waals surface area contributed by atoms with E-state index in [9.17, 15) is 14.4 Å². The molecule has 0 radical (unpaired) electrons. The summed E-state index contributed by atoms with van der Waals surface area (Å²) in [5.74, 6) is -1.83. The van der Waals surface area contributed by atoms with Crippen LogP contribution in [0.2, 0.25) is 0 Å². The number of carbonyl (C=O) groups excluding carboxylic acids is 3. The number of unbranched alkanes of at least 4 members (excludes halogenated alkanes) is 4. The van der Waals surface area contributed by atoms with Gasteiger partial charge in [-0.1, -0.05) is 46.0 Å². The van der Waals surface area contributed by atoms with Crippen molar-refractivity contribution < 1.29 is 19.1 Å². The molecule has 2 unspecified atom stereocenters. The number of methoxy groups -OCH3 is 1. The summed E-state index contributed by atoms with van der Waals surface area (Å²) in [7, 11) is 1.23. The summed E-state index contributed by atoms with van der Waals surface area (Å²) < 4.78 is 4.82. The first-order chi connectivity index (χ1) is 11.9. The van der Waals surface area contributed by atoms with Crippen LogP contribution in [0.15, 0.2) is 0 Å². The monoisotopic (exact) mass is 354 g/mol. The Bertz CT molecular complexity index is 466. The largest absolute Gasteiger partial charge is 0.467 e. The molecule has 1 heterocycles. The molecule has 0 aromatic rings. The first-order valence-corrected chi connectivity index (χ1v) is 9.60. The molecule has 1 saturated heterocycles. The molecule has 6 nitrogen and oxygen atoms in total. The molecule has 6 heteroatoms. The SMILES string of the molecule is CCCCCCCC(CC)C(=O)C(N)(C[C@@H]1CCNC1=O)C(=O)OC. The molecule has 3 atom stereocenters. The van der Waals surface area contributed by atoms with Crippen LogP contribution >= 0.6 is 0 Å². The van der Waals surface area contributed by atoms with Crippen LogP contribution in [0.3, 0.4) is 0 Å². The predicted molar refractivity (Wildman–Crippen MR) is 96.8 cm³/mol. The molecule has 1 aliphatic rings. The average molecular weight is 354 g/mol. The number of Topliss-reactive ketones (excluding diaryl/α,β-unsaturated/α-hetero) is 1. The molecule has 0 bridgehead atoms. The molecule has 1 fully saturated rings. The Labute approximate surface area is 151 Å². The van der Waals surface area contributed by atoms with Crippen molar-refractivity contribution >= 4 is 17.7 Å². The van der Waals surface area contributed by atoms with Gasteiger partial charge in [-0.25, -0.2) is 4.79 Å². The minimum Gasteiger partial charge on any atom is -0.467 e. The summed E-state index contributed by atoms with van der Waals surface area (Å²) in [6, 6.07) is 0. The zero-order valence-corrected chi connectivity index (χ0v) is 15.9. The molecule has 0 aliphatic carbocycles. The van der Waals surface area contributed by atoms with Crippen molar-refractivity contribution in [1.82, 2.24) is 5.32 Å². The quantitative estimate of drug-likeness (QED) is 0.318. The molecule has 0 spiro atoms. The molecule has 25 heavy (non-hydrogen) atoms. The number of esters is 1. The van der Waals surface area contributed by atoms with Gasteiger partial charge in [-0.3, -0.25) is 9.59 Å². The van der Waals surface area contributed by atoms with Crippen LogP contribution < -0.4 is 11.1 Å². The summed E-state index contributed by atoms with van der Waals surface area (Å²) in [4.78, 5) is 37.2. The summed E-state index contributed by atoms with van der Waals surface area (Å²) in [5.41, 5.74) is 4.53. The number of nitrogens with two attached hydrogens (primary N) is 1. The highest BCUT2D eigenvalue weighted by Crippen LogP contribution is 2.28. The van der Waals surface area contributed by atoms with E-state index in [-0.39, 0.29) is 24.0 Å². The zero-order valence-electron chi connectivity index (χ0n) is 15.9. The number of hydrogen-bond donors (Lipinski definition) is 2. The van der Waals surface area contributed by atoms with E-state index in [4.69, 9.17) is 10.5 Å². The third-order valence-corrected chi connectivity index (χ3v) is 5.24. The van der Waals surface area contributed by atoms with E-state index in [2.05, 4.69) is 12.2 Å². The highest BCUT2D eigenvalue weighted by molar-refractivity contribution is 6.09. The smallest absolute Gasteiger partial charge is 0.333 e. The lowest BCUT2D eigenvalue weighted by atomic mass is 9.77. The Hall–Kier alpha value is -1.43. The average Bonchev–Trinajstić information content (AvgIpc) is 3.01. The van der Waals surface area contributed by atoms with Gasteiger partial charge in [-0.2, -0.15) is 0 Å². The lowest BCUT2D eigenvalue weighted by Crippen LogP contribution is -2.59. The molecule has 3 N–H and O–H groups in total. The lowest BCUT2D eigenvalue weighted by molar-refractivity contribution is -0.153. The first-order valence-electron chi connectivity index (χ1n) is 9.60. The fourth-order valence-electron chi connectivity index (χ4n) is 3.57. The van der Waals surface area contributed by atoms with E-state index in [0.717, 1.165) is 25.7 Å². The second-order valence-corrected chi connectivity index (χ2v) is 7.12. The van der Waals surface area contributed by atoms with Gasteiger partial charge in [0.25, 0.3) is 0 Å². The van der Waals surface area contributed by atoms with Crippen LogP contribution in [0.25, 0.3) is 0 Å². The van der Waals surface area contributed by atoms with Crippen molar-refractivity contribution in [2.24, 2.45) is 17.6 Å². The van der Waals surface area contributed by atoms with Gasteiger partial charge in [-0.05, 0) is 25.7 Å². The maximum absolute atomic E-state index is 13.1. The number of carbonyl (C=O) groups is 3. The van der Waals surface area contributed by atoms with Crippen molar-refractivity contribution in [1.29, 1.82) is 0 Å². The van der Waals surface area contributed by atoms with E-state index in [1.165, 1.54) is 20.0 Å². The zero-order chi connectivity index (χ0) is 18.9. The van der Waals surface area contributed by atoms with Crippen molar-refractivity contribution in [3.05, 3.63) is 0 Å². The first kappa shape index (κ1) is 21.6. The van der Waals surface area contributed by atoms with Crippen LogP contribution in [0.4, 0.5) is 0 Å². The van der Waals surface area contributed by atoms with Crippen molar-refractivity contribution in [2.75, 3.05) is 13.7 Å². The minimum absolute atomic E-state index is 0.0245. The van der Waals surface area contributed by atoms with Gasteiger partial charge in [0, 0.05) is 18.4 Å². The van der Waals surface area contributed by atoms with Gasteiger partial charge in [0.2, 0.25) is 5.91 Å². The number of nitrogens with one attached hydrogen (secondary N) is 1. The van der Waals surface area contributed by atoms with Crippen molar-refractivity contribution in [3.8, 4) is 0 Å². The standard InChI is InChI=1S/C19H34N2O4/c1-4-6-7-8-9-10-14(5-2)16(22)19(20,18(24)25-3)13-15-11-12-21-17(15)23/h14-15H,4-13,20H2,1-3H3,(H,21,23)/t14?,15-,19?/m0/s1. The summed E-state index contributed by atoms with van der Waals surface area (Å²) in [6.07, 6.45) is 7.55. The minimum atomic E-state index is -1.73. The second-order valence-electron chi connectivity index (χ2n) is 7.12. The van der Waals surface area contributed by atoms with Crippen LogP contribution in [-0.4, -0.2) is 36.9 Å². The lowest BCUT2D eigenvalue weighted by Gasteiger charge is -2.30. The van der Waals surface area contributed by atoms with Gasteiger partial charge in [-0.15, -0.1) is 0 Å². The van der Waals surface area contributed by atoms with Crippen molar-refractivity contribution in [2.45, 2.75) is 77.2 Å². The van der Waals surface area contributed by atoms with Crippen LogP contribution in [0.1, 0.15) is 71.6 Å². The maximum atomic E-state index is 13.1. The van der Waals surface area contributed by atoms with Gasteiger partial charge >= 0.3 is 5.97 Å². The Kier molecular flexibility index (Phi) is 9.11. The number of hydrogen-bond acceptors (Lipinski definition) is 5. The summed E-state index contributed by atoms with van der Waals surface area (Å²) >= 11 is 0. The van der Waals surface area contributed by atoms with E-state index in [1.807, 2.05) is 6.92 Å². The Morgan fingerprint density at radius 2 is 1.96 bits per heavy atom. The molecule has 1 amide bonds. The predicted octanol–water partition coefficient (Wildman–Crippen LogP) is 2.34. The van der Waals surface area contributed by atoms with Crippen LogP contribution in [0.5, 0.6) is 0 Å². The molecule has 144 valence electrons. The molecular formula is C19H34N2O4. The second kappa shape index (κ2) is 10.5. The van der Waals surface area contributed by atoms with Gasteiger partial charge in [0.05, 0.1) is 7.11 Å². The van der Waals surface area contributed by atoms with Crippen LogP contribution in [-0.2, 0) is 19.1 Å². The van der Waals surface area contributed by atoms with Gasteiger partial charge in [0.1, 0.15) is 0 Å². The third kappa shape index (κ3) is 5.80. The van der Waals surface area contributed by atoms with E-state index in [1.54, 1.807) is 0 Å². The fourth-order valence-corrected chi connectivity index (χ4v) is 3.57. The highest BCUT2D eigenvalue weighted by Gasteiger charge is 2.48. The number of amides is 1. The molecular weight excluding hydrogens is 320 g/mol. The third-order valence-electron chi connectivity index (χ3n) is 5.24. The molecule has 0 aromatic carbocycles. The Balaban J connectivity index is 2.78. The van der Waals surface area contributed by atoms with E-state index >= 15 is 0 Å². The summed E-state index contributed by atoms with van der Waals surface area (Å²) in [5, 5.41) is 2.73. The number of ketones is 1. The summed E-state index contributed by atoms with van der Waals surface area (Å²) in [6.45, 7) is 4.66. The van der Waals surface area contributed by atoms with E-state index < -0.39 is 17.4 Å². The van der Waals surface area contributed by atoms with Gasteiger partial charge in [0.15, 0.2) is 11.3 Å². The number of rotatable bonds is 12. The molecule has 0 aromatic heterocycles.